The number of aromatic nitrogens is 2. The van der Waals surface area contributed by atoms with Crippen molar-refractivity contribution in [3.63, 3.8) is 0 Å². The Hall–Kier alpha value is -3.40. The Morgan fingerprint density at radius 2 is 1.69 bits per heavy atom. The van der Waals surface area contributed by atoms with Crippen LogP contribution in [0.15, 0.2) is 68.4 Å². The summed E-state index contributed by atoms with van der Waals surface area (Å²) in [5, 5.41) is 3.76. The normalized spacial score (nSPS) is 12.3. The number of sulfone groups is 1. The van der Waals surface area contributed by atoms with Gasteiger partial charge in [0.05, 0.1) is 10.5 Å². The topological polar surface area (TPSA) is 86.2 Å². The predicted octanol–water partition coefficient (Wildman–Crippen LogP) is 5.61. The van der Waals surface area contributed by atoms with E-state index in [0.29, 0.717) is 11.1 Å². The van der Waals surface area contributed by atoms with E-state index in [1.165, 1.54) is 24.3 Å². The lowest BCUT2D eigenvalue weighted by atomic mass is 10.1. The van der Waals surface area contributed by atoms with Crippen LogP contribution >= 0.6 is 0 Å². The molecule has 0 spiro atoms. The predicted molar refractivity (Wildman–Crippen MR) is 109 cm³/mol. The third-order valence-electron chi connectivity index (χ3n) is 4.77. The number of aryl methyl sites for hydroxylation is 2. The Balaban J connectivity index is 1.54. The number of benzene rings is 2. The molecule has 0 radical (unpaired) electrons. The molecule has 0 aliphatic carbocycles. The molecule has 0 fully saturated rings. The third-order valence-corrected chi connectivity index (χ3v) is 6.56. The van der Waals surface area contributed by atoms with Crippen LogP contribution in [-0.2, 0) is 21.8 Å². The highest BCUT2D eigenvalue weighted by molar-refractivity contribution is 7.90. The maximum Gasteiger partial charge on any atom is 0.416 e. The summed E-state index contributed by atoms with van der Waals surface area (Å²) in [6.07, 6.45) is -4.44. The number of alkyl halides is 3. The van der Waals surface area contributed by atoms with Crippen LogP contribution in [0.3, 0.4) is 0 Å². The molecule has 0 aliphatic rings. The first-order chi connectivity index (χ1) is 15.0. The number of rotatable bonds is 5. The summed E-state index contributed by atoms with van der Waals surface area (Å²) < 4.78 is 74.4. The fraction of sp³-hybridized carbons (Fsp3) is 0.182. The summed E-state index contributed by atoms with van der Waals surface area (Å²) in [5.41, 5.74) is 1.15. The summed E-state index contributed by atoms with van der Waals surface area (Å²) in [6.45, 7) is 3.61. The van der Waals surface area contributed by atoms with Crippen LogP contribution in [0.2, 0.25) is 0 Å². The largest absolute Gasteiger partial charge is 0.455 e. The van der Waals surface area contributed by atoms with Crippen LogP contribution in [-0.4, -0.2) is 18.6 Å². The second kappa shape index (κ2) is 7.94. The second-order valence-corrected chi connectivity index (χ2v) is 9.25. The second-order valence-electron chi connectivity index (χ2n) is 7.29. The average molecular weight is 462 g/mol. The van der Waals surface area contributed by atoms with Crippen LogP contribution in [0.25, 0.3) is 23.0 Å². The van der Waals surface area contributed by atoms with Crippen molar-refractivity contribution in [2.24, 2.45) is 0 Å². The molecule has 4 aromatic rings. The molecule has 10 heteroatoms. The zero-order chi connectivity index (χ0) is 23.1. The zero-order valence-electron chi connectivity index (χ0n) is 17.0. The zero-order valence-corrected chi connectivity index (χ0v) is 17.8. The van der Waals surface area contributed by atoms with Crippen LogP contribution < -0.4 is 0 Å². The molecule has 0 saturated carbocycles. The highest BCUT2D eigenvalue weighted by Gasteiger charge is 2.30. The van der Waals surface area contributed by atoms with Gasteiger partial charge in [-0.2, -0.15) is 18.2 Å². The number of nitrogens with zero attached hydrogens (tertiary/aromatic N) is 2. The number of hydrogen-bond acceptors (Lipinski definition) is 6. The molecule has 0 unspecified atom stereocenters. The molecule has 0 atom stereocenters. The van der Waals surface area contributed by atoms with Gasteiger partial charge in [0, 0.05) is 5.56 Å². The standard InChI is InChI=1S/C22H17F3N2O4S/c1-13-3-10-19(14(2)11-13)32(28,29)12-17-8-9-18(30-17)21-26-20(27-31-21)15-4-6-16(7-5-15)22(23,24)25/h3-11H,12H2,1-2H3. The van der Waals surface area contributed by atoms with Gasteiger partial charge in [0.1, 0.15) is 11.5 Å². The first-order valence-corrected chi connectivity index (χ1v) is 11.1. The molecular formula is C22H17F3N2O4S. The van der Waals surface area contributed by atoms with Gasteiger partial charge in [-0.05, 0) is 49.7 Å². The summed E-state index contributed by atoms with van der Waals surface area (Å²) in [7, 11) is -3.64. The van der Waals surface area contributed by atoms with E-state index in [0.717, 1.165) is 17.7 Å². The van der Waals surface area contributed by atoms with Crippen LogP contribution in [0.5, 0.6) is 0 Å². The summed E-state index contributed by atoms with van der Waals surface area (Å²) >= 11 is 0. The molecule has 4 rings (SSSR count). The molecule has 0 saturated heterocycles. The maximum absolute atomic E-state index is 12.8. The molecule has 2 aromatic carbocycles. The third kappa shape index (κ3) is 4.45. The molecule has 0 bridgehead atoms. The minimum absolute atomic E-state index is 0.0185. The molecule has 2 heterocycles. The van der Waals surface area contributed by atoms with E-state index in [2.05, 4.69) is 10.1 Å². The highest BCUT2D eigenvalue weighted by atomic mass is 32.2. The minimum atomic E-state index is -4.44. The smallest absolute Gasteiger partial charge is 0.416 e. The van der Waals surface area contributed by atoms with Crippen LogP contribution in [0.1, 0.15) is 22.5 Å². The molecule has 0 N–H and O–H groups in total. The molecule has 2 aromatic heterocycles. The lowest BCUT2D eigenvalue weighted by Gasteiger charge is -2.07. The van der Waals surface area contributed by atoms with Crippen molar-refractivity contribution >= 4 is 9.84 Å². The number of hydrogen-bond donors (Lipinski definition) is 0. The first-order valence-electron chi connectivity index (χ1n) is 9.43. The van der Waals surface area contributed by atoms with Crippen LogP contribution in [0, 0.1) is 13.8 Å². The molecule has 32 heavy (non-hydrogen) atoms. The van der Waals surface area contributed by atoms with Gasteiger partial charge >= 0.3 is 6.18 Å². The fourth-order valence-corrected chi connectivity index (χ4v) is 4.74. The molecule has 6 nitrogen and oxygen atoms in total. The number of furan rings is 1. The van der Waals surface area contributed by atoms with E-state index in [1.54, 1.807) is 25.1 Å². The Morgan fingerprint density at radius 3 is 2.34 bits per heavy atom. The fourth-order valence-electron chi connectivity index (χ4n) is 3.23. The van der Waals surface area contributed by atoms with Crippen molar-refractivity contribution < 1.29 is 30.5 Å². The maximum atomic E-state index is 12.8. The van der Waals surface area contributed by atoms with E-state index in [4.69, 9.17) is 8.94 Å². The molecule has 0 aliphatic heterocycles. The van der Waals surface area contributed by atoms with E-state index in [-0.39, 0.29) is 33.9 Å². The Labute approximate surface area is 181 Å². The van der Waals surface area contributed by atoms with Gasteiger partial charge in [0.15, 0.2) is 15.6 Å². The van der Waals surface area contributed by atoms with Gasteiger partial charge in [0.25, 0.3) is 5.89 Å². The lowest BCUT2D eigenvalue weighted by molar-refractivity contribution is -0.137. The van der Waals surface area contributed by atoms with Gasteiger partial charge in [-0.3, -0.25) is 0 Å². The van der Waals surface area contributed by atoms with Crippen LogP contribution in [0.4, 0.5) is 13.2 Å². The summed E-state index contributed by atoms with van der Waals surface area (Å²) in [5.74, 6) is 0.0527. The van der Waals surface area contributed by atoms with Gasteiger partial charge in [0.2, 0.25) is 5.82 Å². The van der Waals surface area contributed by atoms with Crippen molar-refractivity contribution in [3.05, 3.63) is 77.0 Å². The monoisotopic (exact) mass is 462 g/mol. The van der Waals surface area contributed by atoms with Gasteiger partial charge in [-0.1, -0.05) is 35.0 Å². The average Bonchev–Trinajstić information content (AvgIpc) is 3.36. The Morgan fingerprint density at radius 1 is 0.969 bits per heavy atom. The van der Waals surface area contributed by atoms with Gasteiger partial charge in [-0.25, -0.2) is 8.42 Å². The van der Waals surface area contributed by atoms with E-state index in [1.807, 2.05) is 6.92 Å². The molecular weight excluding hydrogens is 445 g/mol. The summed E-state index contributed by atoms with van der Waals surface area (Å²) in [6, 6.07) is 12.4. The van der Waals surface area contributed by atoms with Crippen molar-refractivity contribution in [2.75, 3.05) is 0 Å². The van der Waals surface area contributed by atoms with Crippen molar-refractivity contribution in [1.82, 2.24) is 10.1 Å². The Kier molecular flexibility index (Phi) is 5.41. The molecule has 166 valence electrons. The van der Waals surface area contributed by atoms with E-state index >= 15 is 0 Å². The highest BCUT2D eigenvalue weighted by Crippen LogP contribution is 2.31. The first kappa shape index (κ1) is 21.8. The van der Waals surface area contributed by atoms with Crippen molar-refractivity contribution in [2.45, 2.75) is 30.7 Å². The van der Waals surface area contributed by atoms with Gasteiger partial charge in [-0.15, -0.1) is 0 Å². The van der Waals surface area contributed by atoms with E-state index < -0.39 is 21.6 Å². The Bertz CT molecular complexity index is 1370. The summed E-state index contributed by atoms with van der Waals surface area (Å²) in [4.78, 5) is 4.36. The van der Waals surface area contributed by atoms with Gasteiger partial charge < -0.3 is 8.94 Å². The minimum Gasteiger partial charge on any atom is -0.455 e. The number of halogens is 3. The lowest BCUT2D eigenvalue weighted by Crippen LogP contribution is -2.06. The van der Waals surface area contributed by atoms with Crippen molar-refractivity contribution in [3.8, 4) is 23.0 Å². The van der Waals surface area contributed by atoms with E-state index in [9.17, 15) is 21.6 Å². The van der Waals surface area contributed by atoms with Crippen molar-refractivity contribution in [1.29, 1.82) is 0 Å². The SMILES string of the molecule is Cc1ccc(S(=O)(=O)Cc2ccc(-c3nc(-c4ccc(C(F)(F)F)cc4)no3)o2)c(C)c1. The quantitative estimate of drug-likeness (QED) is 0.383. The molecule has 0 amide bonds.